The molecule has 10 nitrogen and oxygen atoms in total. The lowest BCUT2D eigenvalue weighted by Crippen LogP contribution is -2.44. The molecule has 2 N–H and O–H groups in total. The summed E-state index contributed by atoms with van der Waals surface area (Å²) in [4.78, 5) is 43.8. The van der Waals surface area contributed by atoms with Crippen LogP contribution in [0.5, 0.6) is 5.75 Å². The SMILES string of the molecule is CC[C@@]1(O)C(=O)OCc2c1cc1n(c2=O)Cc2c-1nc1cc(F)c(OC)cc1c2[C@@H](C)NC(=O)OCc1ccccc1. The van der Waals surface area contributed by atoms with Crippen LogP contribution in [0.1, 0.15) is 54.1 Å². The third-order valence-corrected chi connectivity index (χ3v) is 7.99. The average molecular weight is 574 g/mol. The molecule has 2 atom stereocenters. The van der Waals surface area contributed by atoms with Crippen LogP contribution in [0.15, 0.2) is 53.3 Å². The molecule has 0 spiro atoms. The monoisotopic (exact) mass is 573 g/mol. The number of benzene rings is 2. The molecule has 216 valence electrons. The number of carbonyl (C=O) groups excluding carboxylic acids is 2. The number of cyclic esters (lactones) is 1. The number of halogens is 1. The number of nitrogens with one attached hydrogen (secondary N) is 1. The van der Waals surface area contributed by atoms with E-state index in [1.165, 1.54) is 23.8 Å². The van der Waals surface area contributed by atoms with Crippen LogP contribution < -0.4 is 15.6 Å². The number of nitrogens with zero attached hydrogens (tertiary/aromatic N) is 2. The first-order chi connectivity index (χ1) is 20.2. The van der Waals surface area contributed by atoms with Crippen molar-refractivity contribution < 1.29 is 33.3 Å². The molecule has 42 heavy (non-hydrogen) atoms. The summed E-state index contributed by atoms with van der Waals surface area (Å²) in [6, 6.07) is 12.9. The van der Waals surface area contributed by atoms with Gasteiger partial charge in [-0.2, -0.15) is 0 Å². The maximum atomic E-state index is 14.9. The number of aliphatic hydroxyl groups is 1. The third kappa shape index (κ3) is 4.28. The highest BCUT2D eigenvalue weighted by atomic mass is 19.1. The van der Waals surface area contributed by atoms with Crippen molar-refractivity contribution >= 4 is 23.0 Å². The molecule has 2 aromatic heterocycles. The number of esters is 1. The summed E-state index contributed by atoms with van der Waals surface area (Å²) in [5.74, 6) is -1.46. The lowest BCUT2D eigenvalue weighted by atomic mass is 9.86. The molecule has 0 bridgehead atoms. The fraction of sp³-hybridized carbons (Fsp3) is 0.290. The second kappa shape index (κ2) is 10.3. The molecular weight excluding hydrogens is 545 g/mol. The van der Waals surface area contributed by atoms with Crippen LogP contribution in [0.2, 0.25) is 0 Å². The van der Waals surface area contributed by atoms with Crippen LogP contribution in [0.3, 0.4) is 0 Å². The first kappa shape index (κ1) is 27.4. The summed E-state index contributed by atoms with van der Waals surface area (Å²) in [5.41, 5.74) is 1.02. The topological polar surface area (TPSA) is 129 Å². The Morgan fingerprint density at radius 2 is 1.98 bits per heavy atom. The lowest BCUT2D eigenvalue weighted by Gasteiger charge is -2.31. The highest BCUT2D eigenvalue weighted by Crippen LogP contribution is 2.42. The minimum absolute atomic E-state index is 0.00202. The molecule has 4 aromatic rings. The molecule has 2 aliphatic heterocycles. The highest BCUT2D eigenvalue weighted by Gasteiger charge is 2.45. The zero-order valence-corrected chi connectivity index (χ0v) is 23.2. The Morgan fingerprint density at radius 3 is 2.69 bits per heavy atom. The summed E-state index contributed by atoms with van der Waals surface area (Å²) in [5, 5.41) is 14.6. The third-order valence-electron chi connectivity index (χ3n) is 7.99. The molecule has 0 aliphatic carbocycles. The zero-order chi connectivity index (χ0) is 29.8. The van der Waals surface area contributed by atoms with Gasteiger partial charge in [0.2, 0.25) is 0 Å². The van der Waals surface area contributed by atoms with Gasteiger partial charge in [0.25, 0.3) is 5.56 Å². The minimum atomic E-state index is -1.98. The van der Waals surface area contributed by atoms with Crippen LogP contribution in [0.4, 0.5) is 9.18 Å². The first-order valence-electron chi connectivity index (χ1n) is 13.5. The molecule has 4 heterocycles. The van der Waals surface area contributed by atoms with Gasteiger partial charge in [0, 0.05) is 22.6 Å². The van der Waals surface area contributed by atoms with Crippen LogP contribution in [-0.2, 0) is 39.6 Å². The molecule has 1 amide bonds. The van der Waals surface area contributed by atoms with E-state index in [0.717, 1.165) is 5.56 Å². The molecule has 2 aliphatic rings. The predicted molar refractivity (Wildman–Crippen MR) is 149 cm³/mol. The van der Waals surface area contributed by atoms with Gasteiger partial charge >= 0.3 is 12.1 Å². The number of amides is 1. The van der Waals surface area contributed by atoms with Gasteiger partial charge in [-0.3, -0.25) is 4.79 Å². The van der Waals surface area contributed by atoms with Gasteiger partial charge in [-0.15, -0.1) is 0 Å². The van der Waals surface area contributed by atoms with Crippen LogP contribution >= 0.6 is 0 Å². The number of alkyl carbamates (subject to hydrolysis) is 1. The maximum Gasteiger partial charge on any atom is 0.407 e. The molecule has 2 aromatic carbocycles. The number of hydrogen-bond acceptors (Lipinski definition) is 8. The van der Waals surface area contributed by atoms with Crippen molar-refractivity contribution in [2.75, 3.05) is 7.11 Å². The summed E-state index contributed by atoms with van der Waals surface area (Å²) >= 11 is 0. The molecule has 0 fully saturated rings. The number of hydrogen-bond donors (Lipinski definition) is 2. The van der Waals surface area contributed by atoms with Gasteiger partial charge in [0.05, 0.1) is 42.2 Å². The summed E-state index contributed by atoms with van der Waals surface area (Å²) in [7, 11) is 1.35. The van der Waals surface area contributed by atoms with Crippen LogP contribution in [0, 0.1) is 5.82 Å². The fourth-order valence-electron chi connectivity index (χ4n) is 5.78. The Labute approximate surface area is 239 Å². The number of carbonyl (C=O) groups is 2. The second-order valence-corrected chi connectivity index (χ2v) is 10.4. The summed E-state index contributed by atoms with van der Waals surface area (Å²) < 4.78 is 32.2. The number of fused-ring (bicyclic) bond motifs is 5. The Morgan fingerprint density at radius 1 is 1.21 bits per heavy atom. The smallest absolute Gasteiger partial charge is 0.407 e. The van der Waals surface area contributed by atoms with Gasteiger partial charge in [-0.25, -0.2) is 19.0 Å². The quantitative estimate of drug-likeness (QED) is 0.289. The van der Waals surface area contributed by atoms with E-state index in [2.05, 4.69) is 5.32 Å². The van der Waals surface area contributed by atoms with Gasteiger partial charge < -0.3 is 29.2 Å². The Hall–Kier alpha value is -4.77. The van der Waals surface area contributed by atoms with Gasteiger partial charge in [-0.1, -0.05) is 37.3 Å². The first-order valence-corrected chi connectivity index (χ1v) is 13.5. The summed E-state index contributed by atoms with van der Waals surface area (Å²) in [6.07, 6.45) is -0.659. The van der Waals surface area contributed by atoms with E-state index in [-0.39, 0.29) is 48.6 Å². The van der Waals surface area contributed by atoms with Crippen molar-refractivity contribution in [2.24, 2.45) is 0 Å². The van der Waals surface area contributed by atoms with Crippen molar-refractivity contribution in [2.45, 2.75) is 51.7 Å². The minimum Gasteiger partial charge on any atom is -0.494 e. The maximum absolute atomic E-state index is 14.9. The molecule has 0 unspecified atom stereocenters. The number of rotatable bonds is 6. The second-order valence-electron chi connectivity index (χ2n) is 10.4. The number of methoxy groups -OCH3 is 1. The van der Waals surface area contributed by atoms with E-state index in [4.69, 9.17) is 19.2 Å². The van der Waals surface area contributed by atoms with Crippen molar-refractivity contribution in [3.63, 3.8) is 0 Å². The van der Waals surface area contributed by atoms with Gasteiger partial charge in [0.15, 0.2) is 17.2 Å². The van der Waals surface area contributed by atoms with Crippen molar-refractivity contribution in [3.8, 4) is 17.1 Å². The summed E-state index contributed by atoms with van der Waals surface area (Å²) in [6.45, 7) is 3.29. The highest BCUT2D eigenvalue weighted by molar-refractivity contribution is 5.91. The molecule has 0 radical (unpaired) electrons. The van der Waals surface area contributed by atoms with Crippen molar-refractivity contribution in [3.05, 3.63) is 92.5 Å². The molecule has 0 saturated carbocycles. The van der Waals surface area contributed by atoms with Crippen molar-refractivity contribution in [1.29, 1.82) is 0 Å². The Kier molecular flexibility index (Phi) is 6.69. The zero-order valence-electron chi connectivity index (χ0n) is 23.2. The molecule has 11 heteroatoms. The largest absolute Gasteiger partial charge is 0.494 e. The number of ether oxygens (including phenoxy) is 3. The van der Waals surface area contributed by atoms with Crippen molar-refractivity contribution in [1.82, 2.24) is 14.9 Å². The van der Waals surface area contributed by atoms with E-state index in [9.17, 15) is 23.9 Å². The Bertz CT molecular complexity index is 1820. The lowest BCUT2D eigenvalue weighted by molar-refractivity contribution is -0.172. The van der Waals surface area contributed by atoms with E-state index < -0.39 is 35.1 Å². The molecule has 0 saturated heterocycles. The van der Waals surface area contributed by atoms with E-state index in [0.29, 0.717) is 27.9 Å². The normalized spacial score (nSPS) is 17.6. The van der Waals surface area contributed by atoms with Crippen LogP contribution in [-0.4, -0.2) is 33.8 Å². The Balaban J connectivity index is 1.48. The van der Waals surface area contributed by atoms with Gasteiger partial charge in [-0.05, 0) is 36.6 Å². The standard InChI is InChI=1S/C31H28FN3O7/c1-4-31(39)21-11-24-27-19(13-35(24)28(36)20(21)15-41-29(31)37)26(18-10-25(40-3)22(32)12-23(18)34-27)16(2)33-30(38)42-14-17-8-6-5-7-9-17/h5-12,16,39H,4,13-15H2,1-3H3,(H,33,38)/t16-,31+/m1/s1. The van der Waals surface area contributed by atoms with E-state index in [1.54, 1.807) is 19.9 Å². The van der Waals surface area contributed by atoms with E-state index >= 15 is 0 Å². The predicted octanol–water partition coefficient (Wildman–Crippen LogP) is 4.21. The fourth-order valence-corrected chi connectivity index (χ4v) is 5.78. The number of aromatic nitrogens is 2. The molecule has 6 rings (SSSR count). The number of pyridine rings is 2. The van der Waals surface area contributed by atoms with Gasteiger partial charge in [0.1, 0.15) is 13.2 Å². The molecular formula is C31H28FN3O7. The van der Waals surface area contributed by atoms with Crippen LogP contribution in [0.25, 0.3) is 22.3 Å². The van der Waals surface area contributed by atoms with E-state index in [1.807, 2.05) is 30.3 Å². The average Bonchev–Trinajstić information content (AvgIpc) is 3.35.